The van der Waals surface area contributed by atoms with Gasteiger partial charge in [-0.05, 0) is 59.8 Å². The van der Waals surface area contributed by atoms with Gasteiger partial charge in [-0.3, -0.25) is 0 Å². The Morgan fingerprint density at radius 3 is 2.56 bits per heavy atom. The highest BCUT2D eigenvalue weighted by Gasteiger charge is 2.05. The average Bonchev–Trinajstić information content (AvgIpc) is 2.33. The van der Waals surface area contributed by atoms with E-state index in [0.29, 0.717) is 12.1 Å². The minimum atomic E-state index is 0.439. The Morgan fingerprint density at radius 1 is 1.22 bits per heavy atom. The lowest BCUT2D eigenvalue weighted by Crippen LogP contribution is -2.30. The molecule has 0 amide bonds. The van der Waals surface area contributed by atoms with Crippen molar-refractivity contribution in [2.45, 2.75) is 46.2 Å². The first-order chi connectivity index (χ1) is 8.50. The number of nitrogens with one attached hydrogen (secondary N) is 1. The van der Waals surface area contributed by atoms with E-state index < -0.39 is 0 Å². The van der Waals surface area contributed by atoms with Crippen LogP contribution in [0.5, 0.6) is 0 Å². The number of rotatable bonds is 7. The van der Waals surface area contributed by atoms with Gasteiger partial charge < -0.3 is 10.2 Å². The molecule has 1 rings (SSSR count). The van der Waals surface area contributed by atoms with Gasteiger partial charge in [0, 0.05) is 12.1 Å². The van der Waals surface area contributed by atoms with Crippen LogP contribution in [0.25, 0.3) is 0 Å². The molecular formula is C16H28N2. The molecule has 0 aliphatic carbocycles. The van der Waals surface area contributed by atoms with E-state index in [1.807, 2.05) is 0 Å². The van der Waals surface area contributed by atoms with Gasteiger partial charge in [0.05, 0.1) is 0 Å². The number of hydrogen-bond donors (Lipinski definition) is 1. The molecule has 2 nitrogen and oxygen atoms in total. The van der Waals surface area contributed by atoms with E-state index in [-0.39, 0.29) is 0 Å². The van der Waals surface area contributed by atoms with E-state index in [9.17, 15) is 0 Å². The van der Waals surface area contributed by atoms with E-state index >= 15 is 0 Å². The van der Waals surface area contributed by atoms with Crippen LogP contribution in [-0.2, 0) is 0 Å². The monoisotopic (exact) mass is 248 g/mol. The summed E-state index contributed by atoms with van der Waals surface area (Å²) in [5.41, 5.74) is 2.72. The lowest BCUT2D eigenvalue weighted by atomic mass is 10.1. The maximum Gasteiger partial charge on any atom is 0.0291 e. The van der Waals surface area contributed by atoms with E-state index in [0.717, 1.165) is 13.1 Å². The Kier molecular flexibility index (Phi) is 6.37. The second-order valence-electron chi connectivity index (χ2n) is 5.52. The van der Waals surface area contributed by atoms with E-state index in [4.69, 9.17) is 0 Å². The third-order valence-corrected chi connectivity index (χ3v) is 3.56. The standard InChI is InChI=1S/C16H28N2/c1-13(2)18(5)11-7-10-17-15(4)16-9-6-8-14(3)12-16/h6,8-9,12-13,15,17H,7,10-11H2,1-5H3. The molecule has 0 aliphatic heterocycles. The molecule has 0 fully saturated rings. The SMILES string of the molecule is Cc1cccc(C(C)NCCCN(C)C(C)C)c1. The molecule has 2 heteroatoms. The van der Waals surface area contributed by atoms with Crippen LogP contribution in [0.1, 0.15) is 44.4 Å². The molecule has 0 saturated carbocycles. The highest BCUT2D eigenvalue weighted by molar-refractivity contribution is 5.24. The summed E-state index contributed by atoms with van der Waals surface area (Å²) >= 11 is 0. The van der Waals surface area contributed by atoms with Gasteiger partial charge in [0.15, 0.2) is 0 Å². The third-order valence-electron chi connectivity index (χ3n) is 3.56. The zero-order valence-electron chi connectivity index (χ0n) is 12.5. The fraction of sp³-hybridized carbons (Fsp3) is 0.625. The summed E-state index contributed by atoms with van der Waals surface area (Å²) in [7, 11) is 2.19. The maximum absolute atomic E-state index is 3.59. The van der Waals surface area contributed by atoms with Crippen LogP contribution in [0.3, 0.4) is 0 Å². The van der Waals surface area contributed by atoms with Crippen molar-refractivity contribution >= 4 is 0 Å². The maximum atomic E-state index is 3.59. The van der Waals surface area contributed by atoms with Gasteiger partial charge in [0.1, 0.15) is 0 Å². The van der Waals surface area contributed by atoms with Crippen LogP contribution in [0.15, 0.2) is 24.3 Å². The molecular weight excluding hydrogens is 220 g/mol. The van der Waals surface area contributed by atoms with E-state index in [1.165, 1.54) is 17.5 Å². The van der Waals surface area contributed by atoms with Gasteiger partial charge in [-0.25, -0.2) is 0 Å². The van der Waals surface area contributed by atoms with Crippen molar-refractivity contribution in [1.82, 2.24) is 10.2 Å². The Balaban J connectivity index is 2.27. The minimum Gasteiger partial charge on any atom is -0.310 e. The van der Waals surface area contributed by atoms with Crippen LogP contribution in [-0.4, -0.2) is 31.1 Å². The van der Waals surface area contributed by atoms with Gasteiger partial charge in [-0.2, -0.15) is 0 Å². The summed E-state index contributed by atoms with van der Waals surface area (Å²) in [5.74, 6) is 0. The van der Waals surface area contributed by atoms with Gasteiger partial charge in [-0.1, -0.05) is 29.8 Å². The first-order valence-corrected chi connectivity index (χ1v) is 7.01. The summed E-state index contributed by atoms with van der Waals surface area (Å²) in [6.07, 6.45) is 1.20. The second-order valence-corrected chi connectivity index (χ2v) is 5.52. The molecule has 0 bridgehead atoms. The summed E-state index contributed by atoms with van der Waals surface area (Å²) in [6, 6.07) is 9.82. The van der Waals surface area contributed by atoms with E-state index in [1.54, 1.807) is 0 Å². The largest absolute Gasteiger partial charge is 0.310 e. The van der Waals surface area contributed by atoms with Crippen LogP contribution in [0.4, 0.5) is 0 Å². The van der Waals surface area contributed by atoms with Crippen molar-refractivity contribution < 1.29 is 0 Å². The van der Waals surface area contributed by atoms with Crippen molar-refractivity contribution in [1.29, 1.82) is 0 Å². The van der Waals surface area contributed by atoms with Crippen molar-refractivity contribution in [3.8, 4) is 0 Å². The number of hydrogen-bond acceptors (Lipinski definition) is 2. The van der Waals surface area contributed by atoms with Gasteiger partial charge in [-0.15, -0.1) is 0 Å². The summed E-state index contributed by atoms with van der Waals surface area (Å²) in [4.78, 5) is 2.39. The zero-order chi connectivity index (χ0) is 13.5. The molecule has 1 atom stereocenters. The molecule has 0 aromatic heterocycles. The van der Waals surface area contributed by atoms with E-state index in [2.05, 4.69) is 69.2 Å². The Hall–Kier alpha value is -0.860. The van der Waals surface area contributed by atoms with Crippen LogP contribution in [0.2, 0.25) is 0 Å². The fourth-order valence-electron chi connectivity index (χ4n) is 1.96. The molecule has 0 saturated heterocycles. The minimum absolute atomic E-state index is 0.439. The van der Waals surface area contributed by atoms with Crippen LogP contribution in [0, 0.1) is 6.92 Å². The summed E-state index contributed by atoms with van der Waals surface area (Å²) in [5, 5.41) is 3.59. The molecule has 1 unspecified atom stereocenters. The van der Waals surface area contributed by atoms with Gasteiger partial charge >= 0.3 is 0 Å². The molecule has 1 aromatic rings. The predicted octanol–water partition coefficient (Wildman–Crippen LogP) is 3.38. The zero-order valence-corrected chi connectivity index (χ0v) is 12.5. The predicted molar refractivity (Wildman–Crippen MR) is 80.0 cm³/mol. The fourth-order valence-corrected chi connectivity index (χ4v) is 1.96. The average molecular weight is 248 g/mol. The lowest BCUT2D eigenvalue weighted by Gasteiger charge is -2.21. The lowest BCUT2D eigenvalue weighted by molar-refractivity contribution is 0.268. The highest BCUT2D eigenvalue weighted by Crippen LogP contribution is 2.13. The summed E-state index contributed by atoms with van der Waals surface area (Å²) in [6.45, 7) is 11.1. The van der Waals surface area contributed by atoms with Gasteiger partial charge in [0.2, 0.25) is 0 Å². The van der Waals surface area contributed by atoms with Crippen LogP contribution < -0.4 is 5.32 Å². The molecule has 0 spiro atoms. The molecule has 0 aliphatic rings. The normalized spacial score (nSPS) is 13.3. The molecule has 0 radical (unpaired) electrons. The summed E-state index contributed by atoms with van der Waals surface area (Å²) < 4.78 is 0. The van der Waals surface area contributed by atoms with Crippen molar-refractivity contribution in [2.75, 3.05) is 20.1 Å². The van der Waals surface area contributed by atoms with Crippen molar-refractivity contribution in [3.63, 3.8) is 0 Å². The smallest absolute Gasteiger partial charge is 0.0291 e. The highest BCUT2D eigenvalue weighted by atomic mass is 15.1. The third kappa shape index (κ3) is 5.19. The van der Waals surface area contributed by atoms with Crippen molar-refractivity contribution in [2.24, 2.45) is 0 Å². The number of aryl methyl sites for hydroxylation is 1. The number of benzene rings is 1. The first-order valence-electron chi connectivity index (χ1n) is 7.01. The quantitative estimate of drug-likeness (QED) is 0.744. The molecule has 102 valence electrons. The van der Waals surface area contributed by atoms with Gasteiger partial charge in [0.25, 0.3) is 0 Å². The Bertz CT molecular complexity index is 347. The van der Waals surface area contributed by atoms with Crippen LogP contribution >= 0.6 is 0 Å². The molecule has 1 aromatic carbocycles. The Labute approximate surface area is 112 Å². The second kappa shape index (κ2) is 7.55. The molecule has 1 N–H and O–H groups in total. The van der Waals surface area contributed by atoms with Crippen molar-refractivity contribution in [3.05, 3.63) is 35.4 Å². The molecule has 18 heavy (non-hydrogen) atoms. The topological polar surface area (TPSA) is 15.3 Å². The molecule has 0 heterocycles. The number of nitrogens with zero attached hydrogens (tertiary/aromatic N) is 1. The first kappa shape index (κ1) is 15.2. The Morgan fingerprint density at radius 2 is 1.94 bits per heavy atom.